The first-order valence-corrected chi connectivity index (χ1v) is 9.33. The summed E-state index contributed by atoms with van der Waals surface area (Å²) in [6.45, 7) is 0.0634. The fourth-order valence-electron chi connectivity index (χ4n) is 3.04. The Kier molecular flexibility index (Phi) is 5.37. The van der Waals surface area contributed by atoms with E-state index < -0.39 is 11.6 Å². The fourth-order valence-corrected chi connectivity index (χ4v) is 3.29. The Morgan fingerprint density at radius 3 is 2.90 bits per heavy atom. The zero-order valence-corrected chi connectivity index (χ0v) is 16.9. The van der Waals surface area contributed by atoms with Gasteiger partial charge in [0, 0.05) is 25.9 Å². The number of nitrogens with zero attached hydrogens (tertiary/aromatic N) is 4. The summed E-state index contributed by atoms with van der Waals surface area (Å²) in [6.07, 6.45) is 3.18. The second-order valence-corrected chi connectivity index (χ2v) is 6.98. The molecule has 0 unspecified atom stereocenters. The number of benzene rings is 1. The van der Waals surface area contributed by atoms with Crippen LogP contribution in [-0.4, -0.2) is 37.9 Å². The average molecular weight is 430 g/mol. The van der Waals surface area contributed by atoms with Crippen LogP contribution < -0.4 is 9.47 Å². The Balaban J connectivity index is 1.57. The zero-order chi connectivity index (χ0) is 21.3. The molecule has 0 aliphatic carbocycles. The number of ketones is 1. The summed E-state index contributed by atoms with van der Waals surface area (Å²) < 4.78 is 27.3. The van der Waals surface area contributed by atoms with Crippen molar-refractivity contribution in [2.24, 2.45) is 7.05 Å². The predicted octanol–water partition coefficient (Wildman–Crippen LogP) is 3.50. The van der Waals surface area contributed by atoms with Crippen molar-refractivity contribution >= 4 is 28.4 Å². The highest BCUT2D eigenvalue weighted by molar-refractivity contribution is 6.34. The van der Waals surface area contributed by atoms with Gasteiger partial charge in [-0.3, -0.25) is 14.6 Å². The standard InChI is InChI=1S/C20H17ClFN5O3/c1-27-6-5-12(26-27)10-30-16-4-3-14(21)17(18(16)22)15(28)8-11-7-13-19(23-9-11)24-25-20(13)29-2/h3-7,9H,8,10H2,1-2H3,(H,23,24,25). The number of carbonyl (C=O) groups is 1. The minimum atomic E-state index is -0.807. The molecule has 0 fully saturated rings. The van der Waals surface area contributed by atoms with Crippen LogP contribution in [0.2, 0.25) is 5.02 Å². The Bertz CT molecular complexity index is 1240. The van der Waals surface area contributed by atoms with E-state index in [0.717, 1.165) is 0 Å². The minimum absolute atomic E-state index is 0.0117. The van der Waals surface area contributed by atoms with Crippen molar-refractivity contribution in [3.63, 3.8) is 0 Å². The summed E-state index contributed by atoms with van der Waals surface area (Å²) >= 11 is 6.13. The number of Topliss-reactive ketones (excluding diaryl/α,β-unsaturated/α-hetero) is 1. The summed E-state index contributed by atoms with van der Waals surface area (Å²) in [4.78, 5) is 17.0. The van der Waals surface area contributed by atoms with Crippen molar-refractivity contribution in [2.45, 2.75) is 13.0 Å². The van der Waals surface area contributed by atoms with Gasteiger partial charge in [-0.05, 0) is 29.8 Å². The lowest BCUT2D eigenvalue weighted by molar-refractivity contribution is 0.0988. The van der Waals surface area contributed by atoms with Gasteiger partial charge >= 0.3 is 0 Å². The van der Waals surface area contributed by atoms with Crippen molar-refractivity contribution < 1.29 is 18.7 Å². The Hall–Kier alpha value is -3.46. The molecule has 8 nitrogen and oxygen atoms in total. The van der Waals surface area contributed by atoms with Gasteiger partial charge in [0.1, 0.15) is 6.61 Å². The predicted molar refractivity (Wildman–Crippen MR) is 107 cm³/mol. The summed E-state index contributed by atoms with van der Waals surface area (Å²) in [5.74, 6) is -1.01. The Labute approximate surface area is 175 Å². The molecule has 0 atom stereocenters. The molecule has 4 aromatic rings. The quantitative estimate of drug-likeness (QED) is 0.452. The number of H-pyrrole nitrogens is 1. The SMILES string of the molecule is COc1n[nH]c2ncc(CC(=O)c3c(Cl)ccc(OCc4ccn(C)n4)c3F)cc12. The molecule has 1 aromatic carbocycles. The smallest absolute Gasteiger partial charge is 0.241 e. The molecule has 3 heterocycles. The lowest BCUT2D eigenvalue weighted by atomic mass is 10.0. The van der Waals surface area contributed by atoms with Crippen LogP contribution >= 0.6 is 11.6 Å². The van der Waals surface area contributed by atoms with Gasteiger partial charge in [0.05, 0.1) is 28.8 Å². The molecule has 3 aromatic heterocycles. The number of fused-ring (bicyclic) bond motifs is 1. The number of ether oxygens (including phenoxy) is 2. The molecule has 0 saturated carbocycles. The molecule has 0 saturated heterocycles. The highest BCUT2D eigenvalue weighted by Crippen LogP contribution is 2.29. The zero-order valence-electron chi connectivity index (χ0n) is 16.1. The average Bonchev–Trinajstić information content (AvgIpc) is 3.32. The second-order valence-electron chi connectivity index (χ2n) is 6.58. The summed E-state index contributed by atoms with van der Waals surface area (Å²) in [7, 11) is 3.26. The number of carbonyl (C=O) groups excluding carboxylic acids is 1. The van der Waals surface area contributed by atoms with Crippen LogP contribution in [0, 0.1) is 5.82 Å². The van der Waals surface area contributed by atoms with Crippen LogP contribution in [0.5, 0.6) is 11.6 Å². The van der Waals surface area contributed by atoms with E-state index in [9.17, 15) is 4.79 Å². The maximum absolute atomic E-state index is 15.0. The molecular formula is C20H17ClFN5O3. The van der Waals surface area contributed by atoms with Crippen LogP contribution in [0.25, 0.3) is 11.0 Å². The Morgan fingerprint density at radius 2 is 2.17 bits per heavy atom. The van der Waals surface area contributed by atoms with E-state index >= 15 is 4.39 Å². The number of methoxy groups -OCH3 is 1. The molecule has 30 heavy (non-hydrogen) atoms. The number of hydrogen-bond acceptors (Lipinski definition) is 6. The number of pyridine rings is 1. The second kappa shape index (κ2) is 8.11. The van der Waals surface area contributed by atoms with Gasteiger partial charge in [0.15, 0.2) is 23.0 Å². The molecule has 0 spiro atoms. The van der Waals surface area contributed by atoms with E-state index in [2.05, 4.69) is 20.3 Å². The van der Waals surface area contributed by atoms with Crippen LogP contribution in [0.15, 0.2) is 36.7 Å². The maximum Gasteiger partial charge on any atom is 0.241 e. The number of aryl methyl sites for hydroxylation is 1. The van der Waals surface area contributed by atoms with E-state index in [1.54, 1.807) is 30.1 Å². The molecule has 0 radical (unpaired) electrons. The highest BCUT2D eigenvalue weighted by Gasteiger charge is 2.21. The van der Waals surface area contributed by atoms with Gasteiger partial charge in [-0.1, -0.05) is 11.6 Å². The van der Waals surface area contributed by atoms with Crippen molar-refractivity contribution in [1.29, 1.82) is 0 Å². The number of aromatic amines is 1. The van der Waals surface area contributed by atoms with E-state index in [0.29, 0.717) is 28.2 Å². The Morgan fingerprint density at radius 1 is 1.33 bits per heavy atom. The van der Waals surface area contributed by atoms with Crippen molar-refractivity contribution in [3.8, 4) is 11.6 Å². The van der Waals surface area contributed by atoms with Crippen LogP contribution in [0.3, 0.4) is 0 Å². The molecule has 0 aliphatic rings. The maximum atomic E-state index is 15.0. The van der Waals surface area contributed by atoms with E-state index in [4.69, 9.17) is 21.1 Å². The topological polar surface area (TPSA) is 94.9 Å². The molecule has 0 aliphatic heterocycles. The lowest BCUT2D eigenvalue weighted by Crippen LogP contribution is -2.09. The van der Waals surface area contributed by atoms with Crippen LogP contribution in [-0.2, 0) is 20.1 Å². The van der Waals surface area contributed by atoms with Crippen molar-refractivity contribution in [2.75, 3.05) is 7.11 Å². The number of hydrogen-bond donors (Lipinski definition) is 1. The van der Waals surface area contributed by atoms with E-state index in [1.165, 1.54) is 25.4 Å². The summed E-state index contributed by atoms with van der Waals surface area (Å²) in [5, 5.41) is 11.5. The monoisotopic (exact) mass is 429 g/mol. The third-order valence-corrected chi connectivity index (χ3v) is 4.79. The third-order valence-electron chi connectivity index (χ3n) is 4.48. The lowest BCUT2D eigenvalue weighted by Gasteiger charge is -2.11. The first-order valence-electron chi connectivity index (χ1n) is 8.95. The van der Waals surface area contributed by atoms with Gasteiger partial charge in [0.2, 0.25) is 5.88 Å². The van der Waals surface area contributed by atoms with E-state index in [-0.39, 0.29) is 29.4 Å². The molecule has 10 heteroatoms. The van der Waals surface area contributed by atoms with Gasteiger partial charge in [-0.25, -0.2) is 9.37 Å². The summed E-state index contributed by atoms with van der Waals surface area (Å²) in [6, 6.07) is 6.30. The minimum Gasteiger partial charge on any atom is -0.484 e. The molecule has 0 amide bonds. The normalized spacial score (nSPS) is 11.1. The third kappa shape index (κ3) is 3.84. The molecule has 1 N–H and O–H groups in total. The van der Waals surface area contributed by atoms with Crippen LogP contribution in [0.1, 0.15) is 21.6 Å². The fraction of sp³-hybridized carbons (Fsp3) is 0.200. The largest absolute Gasteiger partial charge is 0.484 e. The van der Waals surface area contributed by atoms with Gasteiger partial charge in [-0.15, -0.1) is 5.10 Å². The summed E-state index contributed by atoms with van der Waals surface area (Å²) in [5.41, 5.74) is 1.50. The number of rotatable bonds is 7. The van der Waals surface area contributed by atoms with Gasteiger partial charge in [0.25, 0.3) is 0 Å². The molecule has 0 bridgehead atoms. The molecule has 4 rings (SSSR count). The highest BCUT2D eigenvalue weighted by atomic mass is 35.5. The molecule has 154 valence electrons. The van der Waals surface area contributed by atoms with Crippen molar-refractivity contribution in [1.82, 2.24) is 25.0 Å². The first-order chi connectivity index (χ1) is 14.5. The molecular weight excluding hydrogens is 413 g/mol. The number of nitrogens with one attached hydrogen (secondary N) is 1. The van der Waals surface area contributed by atoms with Gasteiger partial charge < -0.3 is 9.47 Å². The van der Waals surface area contributed by atoms with Gasteiger partial charge in [-0.2, -0.15) is 5.10 Å². The first kappa shape index (κ1) is 19.8. The van der Waals surface area contributed by atoms with E-state index in [1.807, 2.05) is 0 Å². The van der Waals surface area contributed by atoms with Crippen LogP contribution in [0.4, 0.5) is 4.39 Å². The van der Waals surface area contributed by atoms with Crippen molar-refractivity contribution in [3.05, 3.63) is 64.3 Å². The number of halogens is 2. The number of aromatic nitrogens is 5.